The van der Waals surface area contributed by atoms with Crippen LogP contribution in [0.25, 0.3) is 5.73 Å². The van der Waals surface area contributed by atoms with E-state index in [4.69, 9.17) is 21.4 Å². The van der Waals surface area contributed by atoms with Gasteiger partial charge in [-0.1, -0.05) is 0 Å². The van der Waals surface area contributed by atoms with Crippen LogP contribution in [0.1, 0.15) is 0 Å². The summed E-state index contributed by atoms with van der Waals surface area (Å²) >= 11 is 0. The minimum Gasteiger partial charge on any atom is -0.687 e. The van der Waals surface area contributed by atoms with Crippen molar-refractivity contribution in [3.05, 3.63) is 5.73 Å². The Hall–Kier alpha value is 1.15. The Labute approximate surface area is 69.1 Å². The van der Waals surface area contributed by atoms with Crippen LogP contribution in [0.5, 0.6) is 0 Å². The summed E-state index contributed by atoms with van der Waals surface area (Å²) in [6.07, 6.45) is 0. The van der Waals surface area contributed by atoms with Crippen LogP contribution < -0.4 is 29.6 Å². The molecule has 1 saturated heterocycles. The maximum absolute atomic E-state index is 6.85. The fourth-order valence-electron chi connectivity index (χ4n) is 0.249. The van der Waals surface area contributed by atoms with Crippen molar-refractivity contribution in [1.82, 2.24) is 0 Å². The van der Waals surface area contributed by atoms with Crippen LogP contribution in [-0.4, -0.2) is 28.3 Å². The van der Waals surface area contributed by atoms with Gasteiger partial charge < -0.3 is 5.73 Å². The first-order valence-corrected chi connectivity index (χ1v) is 1.78. The van der Waals surface area contributed by atoms with E-state index < -0.39 is 5.34 Å². The third-order valence-electron chi connectivity index (χ3n) is 0.898. The molecule has 0 aromatic rings. The summed E-state index contributed by atoms with van der Waals surface area (Å²) in [6, 6.07) is 0. The van der Waals surface area contributed by atoms with Crippen molar-refractivity contribution in [3.8, 4) is 0 Å². The van der Waals surface area contributed by atoms with Crippen molar-refractivity contribution in [3.63, 3.8) is 0 Å². The summed E-state index contributed by atoms with van der Waals surface area (Å²) in [6.45, 7) is 0. The summed E-state index contributed by atoms with van der Waals surface area (Å²) in [5, 5.41) is -0.889. The van der Waals surface area contributed by atoms with Gasteiger partial charge in [-0.3, -0.25) is 0 Å². The number of hydrogen-bond donors (Lipinski definition) is 0. The molecule has 1 rings (SSSR count). The molecule has 7 heavy (non-hydrogen) atoms. The molecule has 1 aliphatic heterocycles. The van der Waals surface area contributed by atoms with Crippen molar-refractivity contribution in [2.24, 2.45) is 0 Å². The van der Waals surface area contributed by atoms with E-state index in [0.29, 0.717) is 0 Å². The molecular formula is C2H2B3NNa. The van der Waals surface area contributed by atoms with Gasteiger partial charge in [-0.05, 0) is 0 Å². The second kappa shape index (κ2) is 2.18. The second-order valence-corrected chi connectivity index (χ2v) is 1.63. The Bertz CT molecular complexity index is 75.3. The van der Waals surface area contributed by atoms with Crippen molar-refractivity contribution < 1.29 is 29.6 Å². The molecule has 0 aromatic carbocycles. The van der Waals surface area contributed by atoms with E-state index in [1.54, 1.807) is 7.28 Å². The first-order chi connectivity index (χ1) is 2.63. The molecule has 0 aliphatic carbocycles. The van der Waals surface area contributed by atoms with Crippen LogP contribution >= 0.6 is 0 Å². The van der Waals surface area contributed by atoms with Crippen molar-refractivity contribution in [2.75, 3.05) is 0 Å². The zero-order valence-electron chi connectivity index (χ0n) is 4.31. The molecule has 0 amide bonds. The van der Waals surface area contributed by atoms with Crippen LogP contribution in [-0.2, 0) is 0 Å². The van der Waals surface area contributed by atoms with Crippen LogP contribution in [0.2, 0.25) is 5.72 Å². The van der Waals surface area contributed by atoms with Crippen LogP contribution in [0.3, 0.4) is 0 Å². The van der Waals surface area contributed by atoms with Crippen LogP contribution in [0.4, 0.5) is 0 Å². The molecule has 5 heteroatoms. The van der Waals surface area contributed by atoms with Gasteiger partial charge in [0.2, 0.25) is 0 Å². The number of nitrogens with one attached hydrogen (secondary N) is 1. The Morgan fingerprint density at radius 2 is 1.86 bits per heavy atom. The standard InChI is InChI=1S/C2H2B3N.Na/c3-1-2(4,6)5-1;/h1,6H;/q-1;+1. The molecule has 1 nitrogen and oxygen atoms in total. The average Bonchev–Trinajstić information content (AvgIpc) is 1.73. The van der Waals surface area contributed by atoms with Gasteiger partial charge in [0.25, 0.3) is 0 Å². The van der Waals surface area contributed by atoms with Gasteiger partial charge in [-0.2, -0.15) is 0 Å². The van der Waals surface area contributed by atoms with Crippen LogP contribution in [0, 0.1) is 0 Å². The molecular weight excluding hydrogens is 93.5 g/mol. The minimum absolute atomic E-state index is 0. The summed E-state index contributed by atoms with van der Waals surface area (Å²) in [4.78, 5) is 0. The Balaban J connectivity index is 0.000000360. The van der Waals surface area contributed by atoms with E-state index >= 15 is 0 Å². The van der Waals surface area contributed by atoms with E-state index in [9.17, 15) is 0 Å². The Morgan fingerprint density at radius 3 is 1.86 bits per heavy atom. The van der Waals surface area contributed by atoms with E-state index in [1.807, 2.05) is 0 Å². The largest absolute Gasteiger partial charge is 1.00 e. The van der Waals surface area contributed by atoms with Gasteiger partial charge in [-0.25, -0.2) is 5.34 Å². The molecule has 1 N–H and O–H groups in total. The predicted octanol–water partition coefficient (Wildman–Crippen LogP) is -3.50. The molecule has 1 fully saturated rings. The summed E-state index contributed by atoms with van der Waals surface area (Å²) in [7, 11) is 11.8. The zero-order valence-corrected chi connectivity index (χ0v) is 6.31. The summed E-state index contributed by atoms with van der Waals surface area (Å²) < 4.78 is 0. The maximum Gasteiger partial charge on any atom is 1.00 e. The Kier molecular flexibility index (Phi) is 2.54. The molecule has 0 bridgehead atoms. The molecule has 1 heterocycles. The van der Waals surface area contributed by atoms with E-state index in [-0.39, 0.29) is 35.3 Å². The molecule has 2 atom stereocenters. The molecule has 0 aromatic heterocycles. The predicted molar refractivity (Wildman–Crippen MR) is 28.1 cm³/mol. The van der Waals surface area contributed by atoms with Crippen molar-refractivity contribution >= 4 is 23.0 Å². The van der Waals surface area contributed by atoms with Gasteiger partial charge in [0.15, 0.2) is 0 Å². The maximum atomic E-state index is 6.85. The third-order valence-corrected chi connectivity index (χ3v) is 0.898. The minimum atomic E-state index is -0.889. The molecule has 0 saturated carbocycles. The first kappa shape index (κ1) is 8.15. The van der Waals surface area contributed by atoms with Crippen molar-refractivity contribution in [1.29, 1.82) is 0 Å². The van der Waals surface area contributed by atoms with Gasteiger partial charge in [0, 0.05) is 7.85 Å². The molecule has 2 unspecified atom stereocenters. The average molecular weight is 95.5 g/mol. The normalized spacial score (nSPS) is 46.1. The van der Waals surface area contributed by atoms with Crippen molar-refractivity contribution in [2.45, 2.75) is 11.1 Å². The SMILES string of the molecule is [B]C1[B]C1([B])[NH-].[Na+]. The van der Waals surface area contributed by atoms with E-state index in [2.05, 4.69) is 0 Å². The number of hydrogen-bond acceptors (Lipinski definition) is 0. The van der Waals surface area contributed by atoms with Gasteiger partial charge >= 0.3 is 29.6 Å². The monoisotopic (exact) mass is 96.0 g/mol. The molecule has 1 aliphatic rings. The summed E-state index contributed by atoms with van der Waals surface area (Å²) in [5.74, 6) is 0. The molecule has 25 valence electrons. The topological polar surface area (TPSA) is 23.8 Å². The number of rotatable bonds is 0. The molecule has 0 spiro atoms. The zero-order chi connectivity index (χ0) is 4.78. The molecule has 5 radical (unpaired) electrons. The van der Waals surface area contributed by atoms with Gasteiger partial charge in [-0.15, -0.1) is 5.72 Å². The first-order valence-electron chi connectivity index (χ1n) is 1.78. The van der Waals surface area contributed by atoms with E-state index in [0.717, 1.165) is 0 Å². The van der Waals surface area contributed by atoms with Gasteiger partial charge in [0.1, 0.15) is 0 Å². The second-order valence-electron chi connectivity index (χ2n) is 1.63. The fourth-order valence-corrected chi connectivity index (χ4v) is 0.249. The van der Waals surface area contributed by atoms with Gasteiger partial charge in [0.05, 0.1) is 15.1 Å². The quantitative estimate of drug-likeness (QED) is 0.279. The fraction of sp³-hybridized carbons (Fsp3) is 1.00. The smallest absolute Gasteiger partial charge is 0.687 e. The van der Waals surface area contributed by atoms with E-state index in [1.165, 1.54) is 0 Å². The third kappa shape index (κ3) is 1.84. The van der Waals surface area contributed by atoms with Crippen LogP contribution in [0.15, 0.2) is 0 Å². The Morgan fingerprint density at radius 1 is 1.71 bits per heavy atom. The summed E-state index contributed by atoms with van der Waals surface area (Å²) in [5.41, 5.74) is 6.67.